The summed E-state index contributed by atoms with van der Waals surface area (Å²) in [7, 11) is 4.19. The smallest absolute Gasteiger partial charge is 0.145 e. The maximum absolute atomic E-state index is 8.92. The number of anilines is 1. The third-order valence-corrected chi connectivity index (χ3v) is 4.02. The van der Waals surface area contributed by atoms with E-state index in [-0.39, 0.29) is 6.61 Å². The van der Waals surface area contributed by atoms with Gasteiger partial charge in [0.05, 0.1) is 5.39 Å². The summed E-state index contributed by atoms with van der Waals surface area (Å²) in [5.74, 6) is 0.866. The van der Waals surface area contributed by atoms with Gasteiger partial charge in [-0.05, 0) is 52.9 Å². The van der Waals surface area contributed by atoms with Gasteiger partial charge in [-0.3, -0.25) is 0 Å². The lowest BCUT2D eigenvalue weighted by molar-refractivity contribution is 0.292. The standard InChI is InChI=1S/C16H27N5O/c1-12-13(2)21(9-6-8-20(3)4)16-14(12)15(18-11-19-16)17-7-5-10-22/h11,22H,5-10H2,1-4H3,(H,17,18,19). The molecule has 0 aromatic carbocycles. The Hall–Kier alpha value is -1.66. The van der Waals surface area contributed by atoms with Gasteiger partial charge in [0.25, 0.3) is 0 Å². The SMILES string of the molecule is Cc1c(C)n(CCCN(C)C)c2ncnc(NCCCO)c12. The molecule has 0 unspecified atom stereocenters. The van der Waals surface area contributed by atoms with Gasteiger partial charge < -0.3 is 19.9 Å². The van der Waals surface area contributed by atoms with Crippen LogP contribution in [0.5, 0.6) is 0 Å². The normalized spacial score (nSPS) is 11.5. The van der Waals surface area contributed by atoms with Gasteiger partial charge in [-0.25, -0.2) is 9.97 Å². The Kier molecular flexibility index (Phi) is 5.74. The van der Waals surface area contributed by atoms with Gasteiger partial charge in [0, 0.05) is 25.4 Å². The van der Waals surface area contributed by atoms with Crippen molar-refractivity contribution >= 4 is 16.9 Å². The summed E-state index contributed by atoms with van der Waals surface area (Å²) in [6.07, 6.45) is 3.42. The van der Waals surface area contributed by atoms with Crippen molar-refractivity contribution in [3.8, 4) is 0 Å². The first-order valence-corrected chi connectivity index (χ1v) is 7.86. The number of aliphatic hydroxyl groups excluding tert-OH is 1. The lowest BCUT2D eigenvalue weighted by Crippen LogP contribution is -2.15. The number of nitrogens with one attached hydrogen (secondary N) is 1. The average Bonchev–Trinajstić information content (AvgIpc) is 2.73. The molecule has 0 aliphatic carbocycles. The Morgan fingerprint density at radius 2 is 2.00 bits per heavy atom. The van der Waals surface area contributed by atoms with Crippen molar-refractivity contribution in [2.24, 2.45) is 0 Å². The maximum atomic E-state index is 8.92. The van der Waals surface area contributed by atoms with Crippen LogP contribution in [0.3, 0.4) is 0 Å². The molecule has 2 N–H and O–H groups in total. The molecule has 0 amide bonds. The summed E-state index contributed by atoms with van der Waals surface area (Å²) in [5.41, 5.74) is 3.47. The van der Waals surface area contributed by atoms with Crippen molar-refractivity contribution in [3.05, 3.63) is 17.6 Å². The first-order chi connectivity index (χ1) is 10.6. The third kappa shape index (κ3) is 3.56. The molecule has 0 aliphatic rings. The highest BCUT2D eigenvalue weighted by Crippen LogP contribution is 2.28. The summed E-state index contributed by atoms with van der Waals surface area (Å²) >= 11 is 0. The number of hydrogen-bond acceptors (Lipinski definition) is 5. The molecule has 2 aromatic heterocycles. The Labute approximate surface area is 132 Å². The molecule has 0 saturated carbocycles. The predicted molar refractivity (Wildman–Crippen MR) is 90.4 cm³/mol. The van der Waals surface area contributed by atoms with Gasteiger partial charge >= 0.3 is 0 Å². The quantitative estimate of drug-likeness (QED) is 0.728. The molecule has 2 heterocycles. The molecule has 6 nitrogen and oxygen atoms in total. The van der Waals surface area contributed by atoms with E-state index in [0.29, 0.717) is 13.0 Å². The van der Waals surface area contributed by atoms with Crippen LogP contribution in [0, 0.1) is 13.8 Å². The fraction of sp³-hybridized carbons (Fsp3) is 0.625. The molecule has 0 fully saturated rings. The molecule has 2 aromatic rings. The van der Waals surface area contributed by atoms with Crippen molar-refractivity contribution in [1.29, 1.82) is 0 Å². The monoisotopic (exact) mass is 305 g/mol. The van der Waals surface area contributed by atoms with Crippen LogP contribution in [0.15, 0.2) is 6.33 Å². The van der Waals surface area contributed by atoms with Crippen molar-refractivity contribution < 1.29 is 5.11 Å². The molecule has 22 heavy (non-hydrogen) atoms. The van der Waals surface area contributed by atoms with Crippen molar-refractivity contribution in [3.63, 3.8) is 0 Å². The summed E-state index contributed by atoms with van der Waals surface area (Å²) in [6.45, 7) is 7.19. The minimum absolute atomic E-state index is 0.185. The highest BCUT2D eigenvalue weighted by Gasteiger charge is 2.15. The molecule has 0 radical (unpaired) electrons. The zero-order valence-corrected chi connectivity index (χ0v) is 14.1. The van der Waals surface area contributed by atoms with Crippen LogP contribution in [0.4, 0.5) is 5.82 Å². The summed E-state index contributed by atoms with van der Waals surface area (Å²) in [6, 6.07) is 0. The maximum Gasteiger partial charge on any atom is 0.145 e. The van der Waals surface area contributed by atoms with Gasteiger partial charge in [0.2, 0.25) is 0 Å². The molecule has 0 atom stereocenters. The molecular formula is C16H27N5O. The largest absolute Gasteiger partial charge is 0.396 e. The lowest BCUT2D eigenvalue weighted by atomic mass is 10.2. The number of rotatable bonds is 8. The van der Waals surface area contributed by atoms with Crippen LogP contribution in [0.2, 0.25) is 0 Å². The minimum Gasteiger partial charge on any atom is -0.396 e. The van der Waals surface area contributed by atoms with Crippen LogP contribution < -0.4 is 5.32 Å². The predicted octanol–water partition coefficient (Wildman–Crippen LogP) is 1.79. The molecule has 6 heteroatoms. The number of fused-ring (bicyclic) bond motifs is 1. The van der Waals surface area contributed by atoms with E-state index in [1.807, 2.05) is 0 Å². The molecule has 0 aliphatic heterocycles. The fourth-order valence-corrected chi connectivity index (χ4v) is 2.71. The molecular weight excluding hydrogens is 278 g/mol. The Morgan fingerprint density at radius 3 is 2.68 bits per heavy atom. The first-order valence-electron chi connectivity index (χ1n) is 7.86. The zero-order valence-electron chi connectivity index (χ0n) is 14.1. The van der Waals surface area contributed by atoms with Crippen LogP contribution in [0.25, 0.3) is 11.0 Å². The van der Waals surface area contributed by atoms with E-state index in [2.05, 4.69) is 52.7 Å². The van der Waals surface area contributed by atoms with Gasteiger partial charge in [-0.15, -0.1) is 0 Å². The topological polar surface area (TPSA) is 66.2 Å². The van der Waals surface area contributed by atoms with E-state index in [0.717, 1.165) is 36.4 Å². The number of aliphatic hydroxyl groups is 1. The highest BCUT2D eigenvalue weighted by molar-refractivity contribution is 5.91. The van der Waals surface area contributed by atoms with Crippen molar-refractivity contribution in [2.75, 3.05) is 39.1 Å². The van der Waals surface area contributed by atoms with Gasteiger partial charge in [-0.1, -0.05) is 0 Å². The third-order valence-electron chi connectivity index (χ3n) is 4.02. The minimum atomic E-state index is 0.185. The van der Waals surface area contributed by atoms with E-state index < -0.39 is 0 Å². The van der Waals surface area contributed by atoms with Crippen molar-refractivity contribution in [1.82, 2.24) is 19.4 Å². The Balaban J connectivity index is 2.30. The second kappa shape index (κ2) is 7.56. The molecule has 0 saturated heterocycles. The van der Waals surface area contributed by atoms with E-state index in [1.165, 1.54) is 11.3 Å². The first kappa shape index (κ1) is 16.7. The lowest BCUT2D eigenvalue weighted by Gasteiger charge is -2.12. The second-order valence-electron chi connectivity index (χ2n) is 5.94. The summed E-state index contributed by atoms with van der Waals surface area (Å²) < 4.78 is 2.28. The zero-order chi connectivity index (χ0) is 16.1. The van der Waals surface area contributed by atoms with Crippen LogP contribution >= 0.6 is 0 Å². The molecule has 0 spiro atoms. The van der Waals surface area contributed by atoms with Crippen LogP contribution in [-0.4, -0.2) is 58.3 Å². The highest BCUT2D eigenvalue weighted by atomic mass is 16.3. The Bertz CT molecular complexity index is 621. The van der Waals surface area contributed by atoms with E-state index in [1.54, 1.807) is 6.33 Å². The van der Waals surface area contributed by atoms with E-state index >= 15 is 0 Å². The molecule has 0 bridgehead atoms. The van der Waals surface area contributed by atoms with Gasteiger partial charge in [0.1, 0.15) is 17.8 Å². The Morgan fingerprint density at radius 1 is 1.23 bits per heavy atom. The summed E-state index contributed by atoms with van der Waals surface area (Å²) in [5, 5.41) is 13.3. The summed E-state index contributed by atoms with van der Waals surface area (Å²) in [4.78, 5) is 11.1. The second-order valence-corrected chi connectivity index (χ2v) is 5.94. The number of nitrogens with zero attached hydrogens (tertiary/aromatic N) is 4. The van der Waals surface area contributed by atoms with Crippen LogP contribution in [-0.2, 0) is 6.54 Å². The van der Waals surface area contributed by atoms with Crippen molar-refractivity contribution in [2.45, 2.75) is 33.2 Å². The molecule has 2 rings (SSSR count). The number of hydrogen-bond donors (Lipinski definition) is 2. The van der Waals surface area contributed by atoms with E-state index in [4.69, 9.17) is 5.11 Å². The van der Waals surface area contributed by atoms with E-state index in [9.17, 15) is 0 Å². The van der Waals surface area contributed by atoms with Crippen LogP contribution in [0.1, 0.15) is 24.1 Å². The van der Waals surface area contributed by atoms with Gasteiger partial charge in [0.15, 0.2) is 0 Å². The fourth-order valence-electron chi connectivity index (χ4n) is 2.71. The average molecular weight is 305 g/mol. The number of aryl methyl sites for hydroxylation is 2. The van der Waals surface area contributed by atoms with Gasteiger partial charge in [-0.2, -0.15) is 0 Å². The number of aromatic nitrogens is 3. The molecule has 122 valence electrons.